The lowest BCUT2D eigenvalue weighted by molar-refractivity contribution is 0.248. The van der Waals surface area contributed by atoms with Gasteiger partial charge < -0.3 is 0 Å². The van der Waals surface area contributed by atoms with Crippen molar-refractivity contribution in [2.45, 2.75) is 110 Å². The molecule has 1 aromatic carbocycles. The average Bonchev–Trinajstić information content (AvgIpc) is 2.83. The topological polar surface area (TPSA) is 25.8 Å². The van der Waals surface area contributed by atoms with Gasteiger partial charge >= 0.3 is 0 Å². The molecule has 0 amide bonds. The van der Waals surface area contributed by atoms with Gasteiger partial charge in [0.1, 0.15) is 0 Å². The summed E-state index contributed by atoms with van der Waals surface area (Å²) in [6.45, 7) is 4.52. The van der Waals surface area contributed by atoms with E-state index in [0.717, 1.165) is 29.6 Å². The highest BCUT2D eigenvalue weighted by Crippen LogP contribution is 2.34. The van der Waals surface area contributed by atoms with Gasteiger partial charge in [0.15, 0.2) is 5.82 Å². The van der Waals surface area contributed by atoms with Crippen LogP contribution in [0.5, 0.6) is 0 Å². The molecule has 31 heavy (non-hydrogen) atoms. The maximum Gasteiger partial charge on any atom is 0.159 e. The Labute approximate surface area is 191 Å². The number of hydrogen-bond acceptors (Lipinski definition) is 2. The second kappa shape index (κ2) is 13.7. The summed E-state index contributed by atoms with van der Waals surface area (Å²) in [5.74, 6) is 2.81. The van der Waals surface area contributed by atoms with Gasteiger partial charge in [0.05, 0.1) is 0 Å². The summed E-state index contributed by atoms with van der Waals surface area (Å²) in [4.78, 5) is 9.17. The molecular weight excluding hydrogens is 376 g/mol. The predicted molar refractivity (Wildman–Crippen MR) is 133 cm³/mol. The Kier molecular flexibility index (Phi) is 10.6. The summed E-state index contributed by atoms with van der Waals surface area (Å²) in [7, 11) is 0. The zero-order valence-corrected chi connectivity index (χ0v) is 20.1. The van der Waals surface area contributed by atoms with Crippen molar-refractivity contribution < 1.29 is 0 Å². The Morgan fingerprint density at radius 1 is 0.645 bits per heavy atom. The van der Waals surface area contributed by atoms with Gasteiger partial charge in [-0.05, 0) is 48.6 Å². The minimum Gasteiger partial charge on any atom is -0.236 e. The molecular formula is C29H44N2. The van der Waals surface area contributed by atoms with E-state index < -0.39 is 0 Å². The van der Waals surface area contributed by atoms with E-state index in [0.29, 0.717) is 0 Å². The lowest BCUT2D eigenvalue weighted by Crippen LogP contribution is -2.15. The molecule has 170 valence electrons. The van der Waals surface area contributed by atoms with Crippen molar-refractivity contribution in [3.05, 3.63) is 47.8 Å². The summed E-state index contributed by atoms with van der Waals surface area (Å²) in [6.07, 6.45) is 24.5. The Balaban J connectivity index is 1.36. The monoisotopic (exact) mass is 420 g/mol. The molecule has 0 bridgehead atoms. The zero-order chi connectivity index (χ0) is 21.7. The van der Waals surface area contributed by atoms with Crippen LogP contribution in [0.25, 0.3) is 11.4 Å². The Bertz CT molecular complexity index is 711. The molecule has 1 fully saturated rings. The molecule has 2 nitrogen and oxygen atoms in total. The molecule has 0 N–H and O–H groups in total. The third-order valence-corrected chi connectivity index (χ3v) is 7.26. The van der Waals surface area contributed by atoms with Gasteiger partial charge in [0.2, 0.25) is 0 Å². The van der Waals surface area contributed by atoms with Crippen molar-refractivity contribution >= 4 is 0 Å². The molecule has 0 unspecified atom stereocenters. The number of unbranched alkanes of at least 4 members (excludes halogenated alkanes) is 5. The fourth-order valence-corrected chi connectivity index (χ4v) is 5.05. The SMILES string of the molecule is CCCCCCC[C@H]1CC[C@H](CCc2ccc(-c3ncc(CCCC)cn3)cc2)CC1. The molecule has 0 atom stereocenters. The summed E-state index contributed by atoms with van der Waals surface area (Å²) in [5.41, 5.74) is 3.83. The number of aryl methyl sites for hydroxylation is 2. The summed E-state index contributed by atoms with van der Waals surface area (Å²) < 4.78 is 0. The van der Waals surface area contributed by atoms with Gasteiger partial charge in [-0.2, -0.15) is 0 Å². The molecule has 1 heterocycles. The minimum atomic E-state index is 0.847. The van der Waals surface area contributed by atoms with Gasteiger partial charge in [0.25, 0.3) is 0 Å². The third-order valence-electron chi connectivity index (χ3n) is 7.26. The van der Waals surface area contributed by atoms with Crippen LogP contribution in [0.3, 0.4) is 0 Å². The molecule has 1 aliphatic carbocycles. The van der Waals surface area contributed by atoms with E-state index in [-0.39, 0.29) is 0 Å². The standard InChI is InChI=1S/C29H44N2/c1-3-5-7-8-9-11-24-12-14-25(15-13-24)16-17-26-18-20-28(21-19-26)29-30-22-27(23-31-29)10-6-4-2/h18-25H,3-17H2,1-2H3/t24-,25-. The third kappa shape index (κ3) is 8.39. The van der Waals surface area contributed by atoms with E-state index in [1.807, 2.05) is 12.4 Å². The maximum atomic E-state index is 4.58. The van der Waals surface area contributed by atoms with Crippen LogP contribution in [0.2, 0.25) is 0 Å². The van der Waals surface area contributed by atoms with Crippen molar-refractivity contribution in [3.63, 3.8) is 0 Å². The number of aromatic nitrogens is 2. The molecule has 0 saturated heterocycles. The van der Waals surface area contributed by atoms with Crippen LogP contribution in [-0.2, 0) is 12.8 Å². The van der Waals surface area contributed by atoms with Crippen LogP contribution in [0.4, 0.5) is 0 Å². The fourth-order valence-electron chi connectivity index (χ4n) is 5.05. The van der Waals surface area contributed by atoms with Gasteiger partial charge in [-0.25, -0.2) is 9.97 Å². The molecule has 0 radical (unpaired) electrons. The molecule has 0 aliphatic heterocycles. The Morgan fingerprint density at radius 3 is 1.90 bits per heavy atom. The fraction of sp³-hybridized carbons (Fsp3) is 0.655. The van der Waals surface area contributed by atoms with E-state index in [9.17, 15) is 0 Å². The highest BCUT2D eigenvalue weighted by atomic mass is 14.9. The largest absolute Gasteiger partial charge is 0.236 e. The van der Waals surface area contributed by atoms with Gasteiger partial charge in [0, 0.05) is 18.0 Å². The van der Waals surface area contributed by atoms with Gasteiger partial charge in [-0.3, -0.25) is 0 Å². The first-order chi connectivity index (χ1) is 15.3. The highest BCUT2D eigenvalue weighted by molar-refractivity contribution is 5.55. The number of hydrogen-bond donors (Lipinski definition) is 0. The number of benzene rings is 1. The van der Waals surface area contributed by atoms with Crippen molar-refractivity contribution in [2.24, 2.45) is 11.8 Å². The second-order valence-corrected chi connectivity index (χ2v) is 9.84. The lowest BCUT2D eigenvalue weighted by atomic mass is 9.77. The number of nitrogens with zero attached hydrogens (tertiary/aromatic N) is 2. The smallest absolute Gasteiger partial charge is 0.159 e. The van der Waals surface area contributed by atoms with Crippen molar-refractivity contribution in [1.82, 2.24) is 9.97 Å². The van der Waals surface area contributed by atoms with Crippen LogP contribution >= 0.6 is 0 Å². The van der Waals surface area contributed by atoms with E-state index in [1.54, 1.807) is 0 Å². The summed E-state index contributed by atoms with van der Waals surface area (Å²) in [5, 5.41) is 0. The first kappa shape index (κ1) is 24.0. The summed E-state index contributed by atoms with van der Waals surface area (Å²) in [6, 6.07) is 8.97. The van der Waals surface area contributed by atoms with Crippen LogP contribution in [0.15, 0.2) is 36.7 Å². The maximum absolute atomic E-state index is 4.58. The molecule has 2 heteroatoms. The minimum absolute atomic E-state index is 0.847. The molecule has 3 rings (SSSR count). The zero-order valence-electron chi connectivity index (χ0n) is 20.1. The quantitative estimate of drug-likeness (QED) is 0.303. The second-order valence-electron chi connectivity index (χ2n) is 9.84. The first-order valence-corrected chi connectivity index (χ1v) is 13.2. The molecule has 1 saturated carbocycles. The summed E-state index contributed by atoms with van der Waals surface area (Å²) >= 11 is 0. The first-order valence-electron chi connectivity index (χ1n) is 13.2. The lowest BCUT2D eigenvalue weighted by Gasteiger charge is -2.28. The van der Waals surface area contributed by atoms with Crippen LogP contribution < -0.4 is 0 Å². The van der Waals surface area contributed by atoms with E-state index in [4.69, 9.17) is 0 Å². The van der Waals surface area contributed by atoms with Crippen LogP contribution in [0, 0.1) is 11.8 Å². The van der Waals surface area contributed by atoms with Gasteiger partial charge in [-0.15, -0.1) is 0 Å². The molecule has 0 spiro atoms. The van der Waals surface area contributed by atoms with Crippen molar-refractivity contribution in [1.29, 1.82) is 0 Å². The molecule has 1 aliphatic rings. The predicted octanol–water partition coefficient (Wildman–Crippen LogP) is 8.59. The van der Waals surface area contributed by atoms with Crippen molar-refractivity contribution in [2.75, 3.05) is 0 Å². The molecule has 2 aromatic rings. The van der Waals surface area contributed by atoms with E-state index >= 15 is 0 Å². The molecule has 1 aromatic heterocycles. The van der Waals surface area contributed by atoms with E-state index in [2.05, 4.69) is 48.1 Å². The van der Waals surface area contributed by atoms with Crippen LogP contribution in [-0.4, -0.2) is 9.97 Å². The average molecular weight is 421 g/mol. The van der Waals surface area contributed by atoms with Gasteiger partial charge in [-0.1, -0.05) is 109 Å². The van der Waals surface area contributed by atoms with Crippen LogP contribution in [0.1, 0.15) is 108 Å². The normalized spacial score (nSPS) is 18.9. The Morgan fingerprint density at radius 2 is 1.26 bits per heavy atom. The van der Waals surface area contributed by atoms with E-state index in [1.165, 1.54) is 101 Å². The highest BCUT2D eigenvalue weighted by Gasteiger charge is 2.20. The number of rotatable bonds is 13. The van der Waals surface area contributed by atoms with Crippen molar-refractivity contribution in [3.8, 4) is 11.4 Å². The Hall–Kier alpha value is -1.70.